The molecule has 1 atom stereocenters. The average molecular weight is 264 g/mol. The second kappa shape index (κ2) is 5.16. The van der Waals surface area contributed by atoms with Crippen LogP contribution in [0.4, 0.5) is 4.39 Å². The van der Waals surface area contributed by atoms with Crippen LogP contribution in [0.25, 0.3) is 0 Å². The van der Waals surface area contributed by atoms with Gasteiger partial charge in [-0.2, -0.15) is 0 Å². The molecule has 2 aromatic rings. The number of aromatic nitrogens is 1. The zero-order valence-electron chi connectivity index (χ0n) is 10.8. The number of halogens is 1. The molecule has 4 heteroatoms. The Morgan fingerprint density at radius 2 is 2.22 bits per heavy atom. The fraction of sp³-hybridized carbons (Fsp3) is 0.357. The molecule has 1 aromatic carbocycles. The third-order valence-corrected chi connectivity index (χ3v) is 4.31. The van der Waals surface area contributed by atoms with Crippen molar-refractivity contribution in [1.29, 1.82) is 0 Å². The molecule has 0 aliphatic carbocycles. The Labute approximate surface area is 111 Å². The number of thiazole rings is 1. The summed E-state index contributed by atoms with van der Waals surface area (Å²) < 4.78 is 13.2. The third-order valence-electron chi connectivity index (χ3n) is 3.09. The second-order valence-electron chi connectivity index (χ2n) is 4.68. The monoisotopic (exact) mass is 264 g/mol. The van der Waals surface area contributed by atoms with Gasteiger partial charge in [0.1, 0.15) is 10.8 Å². The number of rotatable bonds is 4. The predicted octanol–water partition coefficient (Wildman–Crippen LogP) is 3.27. The van der Waals surface area contributed by atoms with E-state index in [1.54, 1.807) is 23.5 Å². The van der Waals surface area contributed by atoms with Crippen molar-refractivity contribution >= 4 is 11.3 Å². The molecule has 1 unspecified atom stereocenters. The Balaban J connectivity index is 2.28. The van der Waals surface area contributed by atoms with Crippen molar-refractivity contribution in [3.05, 3.63) is 51.7 Å². The van der Waals surface area contributed by atoms with Gasteiger partial charge < -0.3 is 5.32 Å². The fourth-order valence-corrected chi connectivity index (χ4v) is 2.90. The van der Waals surface area contributed by atoms with Crippen molar-refractivity contribution in [3.8, 4) is 0 Å². The highest BCUT2D eigenvalue weighted by Gasteiger charge is 2.28. The van der Waals surface area contributed by atoms with E-state index in [9.17, 15) is 4.39 Å². The average Bonchev–Trinajstić information content (AvgIpc) is 2.76. The van der Waals surface area contributed by atoms with Crippen molar-refractivity contribution in [3.63, 3.8) is 0 Å². The summed E-state index contributed by atoms with van der Waals surface area (Å²) in [6, 6.07) is 6.73. The van der Waals surface area contributed by atoms with Gasteiger partial charge in [-0.1, -0.05) is 12.1 Å². The molecular formula is C14H17FN2S. The number of likely N-dealkylation sites (N-methyl/N-ethyl adjacent to an activating group) is 1. The molecule has 0 bridgehead atoms. The van der Waals surface area contributed by atoms with Crippen molar-refractivity contribution in [2.75, 3.05) is 7.05 Å². The first kappa shape index (κ1) is 13.2. The number of hydrogen-bond acceptors (Lipinski definition) is 3. The molecule has 0 amide bonds. The zero-order valence-corrected chi connectivity index (χ0v) is 11.6. The topological polar surface area (TPSA) is 24.9 Å². The van der Waals surface area contributed by atoms with Crippen LogP contribution in [0, 0.1) is 12.7 Å². The van der Waals surface area contributed by atoms with Crippen molar-refractivity contribution in [2.45, 2.75) is 25.8 Å². The Morgan fingerprint density at radius 3 is 2.78 bits per heavy atom. The lowest BCUT2D eigenvalue weighted by Crippen LogP contribution is -2.39. The summed E-state index contributed by atoms with van der Waals surface area (Å²) in [6.07, 6.45) is 0.716. The van der Waals surface area contributed by atoms with Gasteiger partial charge in [-0.3, -0.25) is 0 Å². The molecule has 0 saturated heterocycles. The van der Waals surface area contributed by atoms with E-state index in [-0.39, 0.29) is 11.4 Å². The largest absolute Gasteiger partial charge is 0.308 e. The highest BCUT2D eigenvalue weighted by Crippen LogP contribution is 2.28. The lowest BCUT2D eigenvalue weighted by Gasteiger charge is -2.27. The van der Waals surface area contributed by atoms with Crippen LogP contribution >= 0.6 is 11.3 Å². The molecule has 0 radical (unpaired) electrons. The SMILES string of the molecule is CNC(C)(Cc1cccc(F)c1)c1nc(C)cs1. The molecule has 0 fully saturated rings. The highest BCUT2D eigenvalue weighted by molar-refractivity contribution is 7.09. The van der Waals surface area contributed by atoms with E-state index in [2.05, 4.69) is 17.2 Å². The minimum atomic E-state index is -0.257. The van der Waals surface area contributed by atoms with Crippen LogP contribution in [0.5, 0.6) is 0 Å². The Bertz CT molecular complexity index is 538. The molecule has 0 aliphatic rings. The van der Waals surface area contributed by atoms with Gasteiger partial charge in [0.15, 0.2) is 0 Å². The molecule has 1 aromatic heterocycles. The lowest BCUT2D eigenvalue weighted by molar-refractivity contribution is 0.394. The first-order valence-corrected chi connectivity index (χ1v) is 6.77. The fourth-order valence-electron chi connectivity index (χ4n) is 1.93. The minimum absolute atomic E-state index is 0.193. The molecule has 96 valence electrons. The van der Waals surface area contributed by atoms with Crippen LogP contribution < -0.4 is 5.32 Å². The van der Waals surface area contributed by atoms with E-state index in [4.69, 9.17) is 0 Å². The van der Waals surface area contributed by atoms with Crippen LogP contribution in [0.15, 0.2) is 29.6 Å². The van der Waals surface area contributed by atoms with Gasteiger partial charge in [-0.15, -0.1) is 11.3 Å². The summed E-state index contributed by atoms with van der Waals surface area (Å²) in [5.74, 6) is -0.193. The van der Waals surface area contributed by atoms with Crippen molar-refractivity contribution in [2.24, 2.45) is 0 Å². The molecule has 1 N–H and O–H groups in total. The lowest BCUT2D eigenvalue weighted by atomic mass is 9.93. The van der Waals surface area contributed by atoms with Crippen molar-refractivity contribution < 1.29 is 4.39 Å². The van der Waals surface area contributed by atoms with Crippen molar-refractivity contribution in [1.82, 2.24) is 10.3 Å². The van der Waals surface area contributed by atoms with Crippen LogP contribution in [0.3, 0.4) is 0 Å². The van der Waals surface area contributed by atoms with Gasteiger partial charge in [-0.25, -0.2) is 9.37 Å². The van der Waals surface area contributed by atoms with Crippen LogP contribution in [-0.2, 0) is 12.0 Å². The second-order valence-corrected chi connectivity index (χ2v) is 5.54. The van der Waals surface area contributed by atoms with Gasteiger partial charge in [0, 0.05) is 11.1 Å². The summed E-state index contributed by atoms with van der Waals surface area (Å²) in [5.41, 5.74) is 1.74. The minimum Gasteiger partial charge on any atom is -0.308 e. The molecule has 2 rings (SSSR count). The maximum Gasteiger partial charge on any atom is 0.123 e. The van der Waals surface area contributed by atoms with Gasteiger partial charge >= 0.3 is 0 Å². The van der Waals surface area contributed by atoms with Crippen LogP contribution in [0.1, 0.15) is 23.2 Å². The summed E-state index contributed by atoms with van der Waals surface area (Å²) in [7, 11) is 1.91. The van der Waals surface area contributed by atoms with E-state index < -0.39 is 0 Å². The quantitative estimate of drug-likeness (QED) is 0.916. The molecular weight excluding hydrogens is 247 g/mol. The Kier molecular flexibility index (Phi) is 3.78. The summed E-state index contributed by atoms with van der Waals surface area (Å²) >= 11 is 1.64. The molecule has 0 spiro atoms. The molecule has 0 saturated carbocycles. The standard InChI is InChI=1S/C14H17FN2S/c1-10-9-18-13(17-10)14(2,16-3)8-11-5-4-6-12(15)7-11/h4-7,9,16H,8H2,1-3H3. The van der Waals surface area contributed by atoms with E-state index in [1.807, 2.05) is 25.4 Å². The van der Waals surface area contributed by atoms with E-state index in [1.165, 1.54) is 6.07 Å². The predicted molar refractivity (Wildman–Crippen MR) is 73.4 cm³/mol. The Hall–Kier alpha value is -1.26. The smallest absolute Gasteiger partial charge is 0.123 e. The molecule has 1 heterocycles. The van der Waals surface area contributed by atoms with E-state index in [0.29, 0.717) is 6.42 Å². The summed E-state index contributed by atoms with van der Waals surface area (Å²) in [5, 5.41) is 6.37. The molecule has 18 heavy (non-hydrogen) atoms. The first-order chi connectivity index (χ1) is 8.53. The van der Waals surface area contributed by atoms with Gasteiger partial charge in [0.05, 0.1) is 5.54 Å². The van der Waals surface area contributed by atoms with Crippen LogP contribution in [0.2, 0.25) is 0 Å². The van der Waals surface area contributed by atoms with Gasteiger partial charge in [0.2, 0.25) is 0 Å². The molecule has 0 aliphatic heterocycles. The normalized spacial score (nSPS) is 14.4. The maximum atomic E-state index is 13.2. The number of nitrogens with zero attached hydrogens (tertiary/aromatic N) is 1. The third kappa shape index (κ3) is 2.76. The van der Waals surface area contributed by atoms with Gasteiger partial charge in [0.25, 0.3) is 0 Å². The zero-order chi connectivity index (χ0) is 13.2. The molecule has 2 nitrogen and oxygen atoms in total. The number of nitrogens with one attached hydrogen (secondary N) is 1. The summed E-state index contributed by atoms with van der Waals surface area (Å²) in [6.45, 7) is 4.08. The summed E-state index contributed by atoms with van der Waals surface area (Å²) in [4.78, 5) is 4.53. The number of benzene rings is 1. The highest BCUT2D eigenvalue weighted by atomic mass is 32.1. The Morgan fingerprint density at radius 1 is 1.44 bits per heavy atom. The first-order valence-electron chi connectivity index (χ1n) is 5.89. The maximum absolute atomic E-state index is 13.2. The number of hydrogen-bond donors (Lipinski definition) is 1. The number of aryl methyl sites for hydroxylation is 1. The van der Waals surface area contributed by atoms with E-state index >= 15 is 0 Å². The van der Waals surface area contributed by atoms with Crippen LogP contribution in [-0.4, -0.2) is 12.0 Å². The van der Waals surface area contributed by atoms with E-state index in [0.717, 1.165) is 16.3 Å². The van der Waals surface area contributed by atoms with Gasteiger partial charge in [-0.05, 0) is 45.0 Å².